The van der Waals surface area contributed by atoms with E-state index in [1.807, 2.05) is 0 Å². The summed E-state index contributed by atoms with van der Waals surface area (Å²) in [5.41, 5.74) is 2.60. The third-order valence-corrected chi connectivity index (χ3v) is 2.57. The number of pyridine rings is 1. The van der Waals surface area contributed by atoms with Crippen LogP contribution in [0.15, 0.2) is 24.4 Å². The molecule has 2 heteroatoms. The predicted molar refractivity (Wildman–Crippen MR) is 48.0 cm³/mol. The molecule has 0 unspecified atom stereocenters. The van der Waals surface area contributed by atoms with Crippen molar-refractivity contribution in [3.63, 3.8) is 0 Å². The van der Waals surface area contributed by atoms with Crippen molar-refractivity contribution in [3.05, 3.63) is 35.9 Å². The lowest BCUT2D eigenvalue weighted by Gasteiger charge is -1.86. The van der Waals surface area contributed by atoms with Crippen molar-refractivity contribution in [1.82, 2.24) is 4.57 Å². The molecule has 0 fully saturated rings. The quantitative estimate of drug-likeness (QED) is 0.516. The van der Waals surface area contributed by atoms with Gasteiger partial charge >= 0.3 is 0 Å². The normalized spacial score (nSPS) is 10.9. The molecule has 12 heavy (non-hydrogen) atoms. The van der Waals surface area contributed by atoms with Crippen LogP contribution in [0.2, 0.25) is 0 Å². The second-order valence-corrected chi connectivity index (χ2v) is 3.15. The summed E-state index contributed by atoms with van der Waals surface area (Å²) in [6.07, 6.45) is 2.09. The van der Waals surface area contributed by atoms with Crippen LogP contribution in [0.5, 0.6) is 0 Å². The molecule has 2 aromatic rings. The van der Waals surface area contributed by atoms with Crippen LogP contribution in [0.4, 0.5) is 0 Å². The Kier molecular flexibility index (Phi) is 1.43. The Morgan fingerprint density at radius 2 is 2.00 bits per heavy atom. The first-order valence-corrected chi connectivity index (χ1v) is 4.14. The topological polar surface area (TPSA) is 9.03 Å². The van der Waals surface area contributed by atoms with Crippen LogP contribution >= 0.6 is 0 Å². The minimum atomic E-state index is 1.27. The van der Waals surface area contributed by atoms with E-state index in [4.69, 9.17) is 0 Å². The summed E-state index contributed by atoms with van der Waals surface area (Å²) in [6, 6.07) is 6.27. The van der Waals surface area contributed by atoms with Crippen LogP contribution < -0.4 is 4.40 Å². The molecule has 2 rings (SSSR count). The maximum Gasteiger partial charge on any atom is 0.258 e. The maximum atomic E-state index is 2.20. The summed E-state index contributed by atoms with van der Waals surface area (Å²) in [7, 11) is 2.09. The Morgan fingerprint density at radius 3 is 2.67 bits per heavy atom. The van der Waals surface area contributed by atoms with Gasteiger partial charge in [-0.05, 0) is 12.1 Å². The maximum absolute atomic E-state index is 2.20. The van der Waals surface area contributed by atoms with Gasteiger partial charge in [0.25, 0.3) is 5.82 Å². The fraction of sp³-hybridized carbons (Fsp3) is 0.300. The molecule has 2 heterocycles. The zero-order valence-corrected chi connectivity index (χ0v) is 7.70. The van der Waals surface area contributed by atoms with Gasteiger partial charge in [0.1, 0.15) is 5.69 Å². The fourth-order valence-corrected chi connectivity index (χ4v) is 1.60. The van der Waals surface area contributed by atoms with E-state index in [9.17, 15) is 0 Å². The highest BCUT2D eigenvalue weighted by atomic mass is 15.1. The van der Waals surface area contributed by atoms with Gasteiger partial charge in [0.2, 0.25) is 0 Å². The van der Waals surface area contributed by atoms with Crippen LogP contribution in [0.1, 0.15) is 11.5 Å². The Labute approximate surface area is 72.1 Å². The fourth-order valence-electron chi connectivity index (χ4n) is 1.60. The number of hydrogen-bond acceptors (Lipinski definition) is 0. The average molecular weight is 161 g/mol. The molecule has 62 valence electrons. The monoisotopic (exact) mass is 161 g/mol. The van der Waals surface area contributed by atoms with Crippen LogP contribution in [0.3, 0.4) is 0 Å². The van der Waals surface area contributed by atoms with Gasteiger partial charge in [-0.15, -0.1) is 0 Å². The van der Waals surface area contributed by atoms with E-state index in [2.05, 4.69) is 54.3 Å². The molecular weight excluding hydrogens is 148 g/mol. The number of hydrogen-bond donors (Lipinski definition) is 0. The largest absolute Gasteiger partial charge is 0.258 e. The summed E-state index contributed by atoms with van der Waals surface area (Å²) in [6.45, 7) is 4.27. The van der Waals surface area contributed by atoms with E-state index in [1.54, 1.807) is 0 Å². The SMILES string of the molecule is Cc1c2cccc[n+]2c(C)n1C. The van der Waals surface area contributed by atoms with Gasteiger partial charge in [-0.25, -0.2) is 4.57 Å². The number of fused-ring (bicyclic) bond motifs is 1. The molecule has 2 aromatic heterocycles. The van der Waals surface area contributed by atoms with E-state index < -0.39 is 0 Å². The lowest BCUT2D eigenvalue weighted by Crippen LogP contribution is -2.22. The Bertz CT molecular complexity index is 388. The molecule has 0 amide bonds. The molecule has 0 radical (unpaired) electrons. The van der Waals surface area contributed by atoms with Gasteiger partial charge in [-0.1, -0.05) is 6.07 Å². The summed E-state index contributed by atoms with van der Waals surface area (Å²) in [5.74, 6) is 1.27. The van der Waals surface area contributed by atoms with Crippen LogP contribution in [-0.4, -0.2) is 4.57 Å². The average Bonchev–Trinajstić information content (AvgIpc) is 2.33. The molecule has 2 nitrogen and oxygen atoms in total. The molecule has 0 spiro atoms. The number of rotatable bonds is 0. The summed E-state index contributed by atoms with van der Waals surface area (Å²) in [5, 5.41) is 0. The molecule has 0 aliphatic carbocycles. The van der Waals surface area contributed by atoms with E-state index in [1.165, 1.54) is 17.0 Å². The Morgan fingerprint density at radius 1 is 1.25 bits per heavy atom. The second-order valence-electron chi connectivity index (χ2n) is 3.15. The van der Waals surface area contributed by atoms with Gasteiger partial charge < -0.3 is 0 Å². The van der Waals surface area contributed by atoms with Crippen molar-refractivity contribution in [2.45, 2.75) is 13.8 Å². The first-order chi connectivity index (χ1) is 5.72. The van der Waals surface area contributed by atoms with Crippen LogP contribution in [0, 0.1) is 13.8 Å². The highest BCUT2D eigenvalue weighted by molar-refractivity contribution is 5.44. The minimum absolute atomic E-state index is 1.27. The zero-order chi connectivity index (χ0) is 8.72. The van der Waals surface area contributed by atoms with Crippen molar-refractivity contribution in [2.75, 3.05) is 0 Å². The van der Waals surface area contributed by atoms with Gasteiger partial charge in [0.05, 0.1) is 13.2 Å². The van der Waals surface area contributed by atoms with Crippen molar-refractivity contribution in [3.8, 4) is 0 Å². The van der Waals surface area contributed by atoms with E-state index in [0.717, 1.165) is 0 Å². The lowest BCUT2D eigenvalue weighted by molar-refractivity contribution is -0.520. The summed E-state index contributed by atoms with van der Waals surface area (Å²) < 4.78 is 4.41. The molecular formula is C10H13N2+. The second kappa shape index (κ2) is 2.34. The first-order valence-electron chi connectivity index (χ1n) is 4.14. The smallest absolute Gasteiger partial charge is 0.234 e. The highest BCUT2D eigenvalue weighted by Crippen LogP contribution is 2.06. The number of aryl methyl sites for hydroxylation is 2. The predicted octanol–water partition coefficient (Wildman–Crippen LogP) is 1.38. The van der Waals surface area contributed by atoms with Crippen LogP contribution in [0.25, 0.3) is 5.52 Å². The Hall–Kier alpha value is -1.31. The van der Waals surface area contributed by atoms with Gasteiger partial charge in [0.15, 0.2) is 5.52 Å². The van der Waals surface area contributed by atoms with Crippen LogP contribution in [-0.2, 0) is 7.05 Å². The van der Waals surface area contributed by atoms with Crippen molar-refractivity contribution in [2.24, 2.45) is 7.05 Å². The van der Waals surface area contributed by atoms with E-state index in [0.29, 0.717) is 0 Å². The van der Waals surface area contributed by atoms with Crippen molar-refractivity contribution in [1.29, 1.82) is 0 Å². The lowest BCUT2D eigenvalue weighted by atomic mass is 10.3. The van der Waals surface area contributed by atoms with Crippen molar-refractivity contribution >= 4 is 5.52 Å². The van der Waals surface area contributed by atoms with Gasteiger partial charge in [-0.2, -0.15) is 4.40 Å². The van der Waals surface area contributed by atoms with Gasteiger partial charge in [0, 0.05) is 13.8 Å². The standard InChI is InChI=1S/C10H13N2/c1-8-10-6-4-5-7-12(10)9(2)11(8)3/h4-7H,1-3H3/q+1. The Balaban J connectivity index is 2.99. The molecule has 0 atom stereocenters. The summed E-state index contributed by atoms with van der Waals surface area (Å²) >= 11 is 0. The molecule has 0 aromatic carbocycles. The van der Waals surface area contributed by atoms with Crippen molar-refractivity contribution < 1.29 is 4.40 Å². The number of nitrogens with zero attached hydrogens (tertiary/aromatic N) is 2. The number of aromatic nitrogens is 2. The molecule has 0 bridgehead atoms. The summed E-state index contributed by atoms with van der Waals surface area (Å²) in [4.78, 5) is 0. The van der Waals surface area contributed by atoms with E-state index >= 15 is 0 Å². The third kappa shape index (κ3) is 0.779. The molecule has 0 saturated heterocycles. The number of imidazole rings is 1. The molecule has 0 N–H and O–H groups in total. The molecule has 0 aliphatic rings. The highest BCUT2D eigenvalue weighted by Gasteiger charge is 2.14. The minimum Gasteiger partial charge on any atom is -0.234 e. The first kappa shape index (κ1) is 7.35. The molecule has 0 saturated carbocycles. The van der Waals surface area contributed by atoms with E-state index in [-0.39, 0.29) is 0 Å². The zero-order valence-electron chi connectivity index (χ0n) is 7.70. The third-order valence-electron chi connectivity index (χ3n) is 2.57. The van der Waals surface area contributed by atoms with Gasteiger partial charge in [-0.3, -0.25) is 0 Å². The molecule has 0 aliphatic heterocycles.